The molecule has 0 aliphatic carbocycles. The third-order valence-electron chi connectivity index (χ3n) is 3.26. The van der Waals surface area contributed by atoms with E-state index in [2.05, 4.69) is 19.2 Å². The van der Waals surface area contributed by atoms with Gasteiger partial charge >= 0.3 is 0 Å². The normalized spacial score (nSPS) is 12.8. The van der Waals surface area contributed by atoms with Gasteiger partial charge in [-0.15, -0.1) is 0 Å². The summed E-state index contributed by atoms with van der Waals surface area (Å²) >= 11 is 0. The van der Waals surface area contributed by atoms with Gasteiger partial charge in [0, 0.05) is 33.4 Å². The summed E-state index contributed by atoms with van der Waals surface area (Å²) in [6, 6.07) is 6.84. The maximum absolute atomic E-state index is 13.4. The lowest BCUT2D eigenvalue weighted by Crippen LogP contribution is -2.26. The zero-order valence-electron chi connectivity index (χ0n) is 13.4. The Morgan fingerprint density at radius 2 is 2.05 bits per heavy atom. The van der Waals surface area contributed by atoms with Gasteiger partial charge in [0.1, 0.15) is 5.82 Å². The first-order valence-corrected chi connectivity index (χ1v) is 7.66. The van der Waals surface area contributed by atoms with Crippen molar-refractivity contribution in [2.75, 3.05) is 40.0 Å². The van der Waals surface area contributed by atoms with E-state index >= 15 is 0 Å². The number of rotatable bonds is 11. The molecule has 0 aliphatic heterocycles. The number of benzene rings is 1. The molecule has 1 atom stereocenters. The minimum atomic E-state index is -0.183. The number of methoxy groups -OCH3 is 1. The number of hydrogen-bond donors (Lipinski definition) is 1. The topological polar surface area (TPSA) is 30.5 Å². The van der Waals surface area contributed by atoms with Crippen molar-refractivity contribution in [3.63, 3.8) is 0 Å². The fraction of sp³-hybridized carbons (Fsp3) is 0.647. The highest BCUT2D eigenvalue weighted by atomic mass is 19.1. The molecule has 1 rings (SSSR count). The Balaban J connectivity index is 2.49. The van der Waals surface area contributed by atoms with E-state index in [9.17, 15) is 4.39 Å². The summed E-state index contributed by atoms with van der Waals surface area (Å²) in [5.41, 5.74) is 1.02. The van der Waals surface area contributed by atoms with Gasteiger partial charge in [0.2, 0.25) is 0 Å². The predicted octanol–water partition coefficient (Wildman–Crippen LogP) is 3.21. The highest BCUT2D eigenvalue weighted by Gasteiger charge is 2.12. The maximum Gasteiger partial charge on any atom is 0.123 e. The van der Waals surface area contributed by atoms with E-state index in [1.807, 2.05) is 6.07 Å². The van der Waals surface area contributed by atoms with Crippen molar-refractivity contribution >= 4 is 0 Å². The van der Waals surface area contributed by atoms with Crippen LogP contribution >= 0.6 is 0 Å². The van der Waals surface area contributed by atoms with Crippen molar-refractivity contribution in [1.82, 2.24) is 5.32 Å². The maximum atomic E-state index is 13.4. The van der Waals surface area contributed by atoms with Crippen molar-refractivity contribution in [2.24, 2.45) is 5.92 Å². The molecule has 0 saturated carbocycles. The van der Waals surface area contributed by atoms with Crippen LogP contribution in [-0.2, 0) is 9.47 Å². The van der Waals surface area contributed by atoms with Gasteiger partial charge < -0.3 is 14.8 Å². The minimum Gasteiger partial charge on any atom is -0.383 e. The molecule has 4 heteroatoms. The number of nitrogens with one attached hydrogen (secondary N) is 1. The van der Waals surface area contributed by atoms with Gasteiger partial charge in [0.05, 0.1) is 6.61 Å². The summed E-state index contributed by atoms with van der Waals surface area (Å²) in [5.74, 6) is 0.611. The first-order valence-electron chi connectivity index (χ1n) is 7.66. The molecule has 0 fully saturated rings. The van der Waals surface area contributed by atoms with Gasteiger partial charge in [-0.05, 0) is 36.0 Å². The van der Waals surface area contributed by atoms with Crippen LogP contribution in [-0.4, -0.2) is 40.0 Å². The second-order valence-electron chi connectivity index (χ2n) is 5.71. The van der Waals surface area contributed by atoms with Crippen LogP contribution in [0.4, 0.5) is 4.39 Å². The predicted molar refractivity (Wildman–Crippen MR) is 84.2 cm³/mol. The largest absolute Gasteiger partial charge is 0.383 e. The van der Waals surface area contributed by atoms with E-state index in [0.29, 0.717) is 19.1 Å². The lowest BCUT2D eigenvalue weighted by Gasteiger charge is -2.19. The number of ether oxygens (including phenoxy) is 2. The summed E-state index contributed by atoms with van der Waals surface area (Å²) in [6.07, 6.45) is 0.885. The van der Waals surface area contributed by atoms with Crippen LogP contribution in [0, 0.1) is 11.7 Å². The first-order chi connectivity index (χ1) is 10.1. The van der Waals surface area contributed by atoms with Gasteiger partial charge in [-0.2, -0.15) is 0 Å². The molecule has 0 radical (unpaired) electrons. The van der Waals surface area contributed by atoms with Gasteiger partial charge in [0.15, 0.2) is 0 Å². The van der Waals surface area contributed by atoms with Crippen LogP contribution in [0.2, 0.25) is 0 Å². The molecular weight excluding hydrogens is 269 g/mol. The second kappa shape index (κ2) is 10.7. The van der Waals surface area contributed by atoms with Crippen molar-refractivity contribution < 1.29 is 13.9 Å². The van der Waals surface area contributed by atoms with E-state index in [-0.39, 0.29) is 11.7 Å². The molecule has 1 aromatic carbocycles. The second-order valence-corrected chi connectivity index (χ2v) is 5.71. The summed E-state index contributed by atoms with van der Waals surface area (Å²) < 4.78 is 24.1. The van der Waals surface area contributed by atoms with Crippen LogP contribution in [0.5, 0.6) is 0 Å². The fourth-order valence-electron chi connectivity index (χ4n) is 2.14. The lowest BCUT2D eigenvalue weighted by atomic mass is 9.96. The fourth-order valence-corrected chi connectivity index (χ4v) is 2.14. The van der Waals surface area contributed by atoms with E-state index in [0.717, 1.165) is 31.7 Å². The van der Waals surface area contributed by atoms with Gasteiger partial charge in [0.25, 0.3) is 0 Å². The van der Waals surface area contributed by atoms with E-state index in [4.69, 9.17) is 9.47 Å². The number of halogens is 1. The molecule has 0 heterocycles. The van der Waals surface area contributed by atoms with Crippen LogP contribution in [0.25, 0.3) is 0 Å². The van der Waals surface area contributed by atoms with Crippen molar-refractivity contribution in [2.45, 2.75) is 26.2 Å². The molecule has 3 nitrogen and oxygen atoms in total. The average molecular weight is 297 g/mol. The van der Waals surface area contributed by atoms with Crippen molar-refractivity contribution in [3.05, 3.63) is 35.6 Å². The third kappa shape index (κ3) is 8.15. The first kappa shape index (κ1) is 18.1. The summed E-state index contributed by atoms with van der Waals surface area (Å²) in [4.78, 5) is 0. The van der Waals surface area contributed by atoms with Crippen molar-refractivity contribution in [1.29, 1.82) is 0 Å². The minimum absolute atomic E-state index is 0.183. The molecule has 0 spiro atoms. The monoisotopic (exact) mass is 297 g/mol. The molecule has 1 unspecified atom stereocenters. The van der Waals surface area contributed by atoms with Crippen LogP contribution < -0.4 is 5.32 Å². The zero-order chi connectivity index (χ0) is 15.5. The molecule has 21 heavy (non-hydrogen) atoms. The van der Waals surface area contributed by atoms with Gasteiger partial charge in [-0.25, -0.2) is 4.39 Å². The average Bonchev–Trinajstić information content (AvgIpc) is 2.45. The quantitative estimate of drug-likeness (QED) is 0.636. The molecule has 0 aromatic heterocycles. The Bertz CT molecular complexity index is 385. The summed E-state index contributed by atoms with van der Waals surface area (Å²) in [6.45, 7) is 8.03. The molecular formula is C17H28FNO2. The molecule has 0 amide bonds. The lowest BCUT2D eigenvalue weighted by molar-refractivity contribution is 0.103. The number of hydrogen-bond acceptors (Lipinski definition) is 3. The molecule has 0 saturated heterocycles. The molecule has 0 aliphatic rings. The Kier molecular flexibility index (Phi) is 9.22. The Hall–Kier alpha value is -0.970. The summed E-state index contributed by atoms with van der Waals surface area (Å²) in [7, 11) is 1.69. The van der Waals surface area contributed by atoms with E-state index < -0.39 is 0 Å². The van der Waals surface area contributed by atoms with Crippen molar-refractivity contribution in [3.8, 4) is 0 Å². The van der Waals surface area contributed by atoms with Gasteiger partial charge in [-0.1, -0.05) is 26.0 Å². The van der Waals surface area contributed by atoms with Crippen LogP contribution in [0.1, 0.15) is 31.7 Å². The van der Waals surface area contributed by atoms with Crippen LogP contribution in [0.15, 0.2) is 24.3 Å². The molecule has 0 bridgehead atoms. The zero-order valence-corrected chi connectivity index (χ0v) is 13.4. The smallest absolute Gasteiger partial charge is 0.123 e. The summed E-state index contributed by atoms with van der Waals surface area (Å²) in [5, 5.41) is 3.35. The third-order valence-corrected chi connectivity index (χ3v) is 3.26. The highest BCUT2D eigenvalue weighted by Crippen LogP contribution is 2.20. The SMILES string of the molecule is COCCNCC(CCOCC(C)C)c1cccc(F)c1. The van der Waals surface area contributed by atoms with Crippen LogP contribution in [0.3, 0.4) is 0 Å². The Morgan fingerprint density at radius 3 is 2.71 bits per heavy atom. The Morgan fingerprint density at radius 1 is 1.24 bits per heavy atom. The van der Waals surface area contributed by atoms with E-state index in [1.54, 1.807) is 19.2 Å². The molecule has 1 N–H and O–H groups in total. The Labute approximate surface area is 127 Å². The highest BCUT2D eigenvalue weighted by molar-refractivity contribution is 5.21. The van der Waals surface area contributed by atoms with Gasteiger partial charge in [-0.3, -0.25) is 0 Å². The standard InChI is InChI=1S/C17H28FNO2/c1-14(2)13-21-9-7-16(12-19-8-10-20-3)15-5-4-6-17(18)11-15/h4-6,11,14,16,19H,7-10,12-13H2,1-3H3. The molecule has 1 aromatic rings. The molecule has 120 valence electrons. The van der Waals surface area contributed by atoms with E-state index in [1.165, 1.54) is 6.07 Å².